The molecule has 0 aliphatic heterocycles. The summed E-state index contributed by atoms with van der Waals surface area (Å²) in [5, 5.41) is 0.982. The normalized spacial score (nSPS) is 11.6. The molecule has 4 aromatic rings. The average molecular weight is 399 g/mol. The molecule has 0 unspecified atom stereocenters. The van der Waals surface area contributed by atoms with Crippen LogP contribution in [0.25, 0.3) is 22.0 Å². The molecule has 0 fully saturated rings. The Kier molecular flexibility index (Phi) is 4.84. The highest BCUT2D eigenvalue weighted by atomic mass is 19.4. The number of nitrogens with zero attached hydrogens (tertiary/aromatic N) is 2. The number of rotatable bonds is 5. The number of hydrogen-bond donors (Lipinski definition) is 1. The molecule has 5 nitrogen and oxygen atoms in total. The summed E-state index contributed by atoms with van der Waals surface area (Å²) in [6, 6.07) is 15.3. The van der Waals surface area contributed by atoms with Crippen molar-refractivity contribution in [1.82, 2.24) is 15.0 Å². The molecule has 0 bridgehead atoms. The summed E-state index contributed by atoms with van der Waals surface area (Å²) >= 11 is 0. The van der Waals surface area contributed by atoms with E-state index in [0.29, 0.717) is 18.1 Å². The number of halogens is 3. The molecule has 0 saturated heterocycles. The van der Waals surface area contributed by atoms with Gasteiger partial charge in [0.1, 0.15) is 11.6 Å². The topological polar surface area (TPSA) is 60.0 Å². The highest BCUT2D eigenvalue weighted by Gasteiger charge is 2.31. The van der Waals surface area contributed by atoms with Gasteiger partial charge >= 0.3 is 6.36 Å². The zero-order valence-electron chi connectivity index (χ0n) is 15.3. The van der Waals surface area contributed by atoms with Crippen LogP contribution in [0.5, 0.6) is 11.6 Å². The molecule has 0 saturated carbocycles. The molecule has 0 radical (unpaired) electrons. The second kappa shape index (κ2) is 7.46. The third kappa shape index (κ3) is 4.31. The fourth-order valence-electron chi connectivity index (χ4n) is 3.14. The first-order chi connectivity index (χ1) is 13.9. The van der Waals surface area contributed by atoms with Crippen LogP contribution in [0.3, 0.4) is 0 Å². The zero-order valence-corrected chi connectivity index (χ0v) is 15.3. The van der Waals surface area contributed by atoms with Crippen LogP contribution < -0.4 is 9.47 Å². The predicted octanol–water partition coefficient (Wildman–Crippen LogP) is 5.12. The van der Waals surface area contributed by atoms with Crippen molar-refractivity contribution in [2.75, 3.05) is 7.11 Å². The fraction of sp³-hybridized carbons (Fsp3) is 0.143. The Hall–Kier alpha value is -3.55. The van der Waals surface area contributed by atoms with Gasteiger partial charge in [0.2, 0.25) is 5.88 Å². The number of aromatic amines is 1. The van der Waals surface area contributed by atoms with Crippen molar-refractivity contribution in [3.63, 3.8) is 0 Å². The molecule has 2 aromatic carbocycles. The van der Waals surface area contributed by atoms with Crippen LogP contribution in [0.15, 0.2) is 60.8 Å². The predicted molar refractivity (Wildman–Crippen MR) is 102 cm³/mol. The van der Waals surface area contributed by atoms with Crippen molar-refractivity contribution in [3.8, 4) is 22.8 Å². The lowest BCUT2D eigenvalue weighted by molar-refractivity contribution is -0.274. The molecule has 0 aliphatic rings. The van der Waals surface area contributed by atoms with E-state index in [1.165, 1.54) is 12.1 Å². The lowest BCUT2D eigenvalue weighted by atomic mass is 10.0. The maximum Gasteiger partial charge on any atom is 0.573 e. The van der Waals surface area contributed by atoms with Crippen molar-refractivity contribution in [2.45, 2.75) is 12.8 Å². The number of H-pyrrole nitrogens is 1. The largest absolute Gasteiger partial charge is 0.573 e. The van der Waals surface area contributed by atoms with Gasteiger partial charge in [-0.1, -0.05) is 30.3 Å². The molecule has 0 amide bonds. The number of hydrogen-bond acceptors (Lipinski definition) is 4. The van der Waals surface area contributed by atoms with Crippen molar-refractivity contribution >= 4 is 10.9 Å². The average Bonchev–Trinajstić information content (AvgIpc) is 3.10. The van der Waals surface area contributed by atoms with E-state index in [9.17, 15) is 13.2 Å². The first kappa shape index (κ1) is 18.8. The smallest absolute Gasteiger partial charge is 0.481 e. The number of nitrogens with one attached hydrogen (secondary N) is 1. The van der Waals surface area contributed by atoms with Gasteiger partial charge in [-0.3, -0.25) is 0 Å². The Labute approximate surface area is 164 Å². The van der Waals surface area contributed by atoms with Crippen LogP contribution in [0.2, 0.25) is 0 Å². The van der Waals surface area contributed by atoms with E-state index in [0.717, 1.165) is 27.7 Å². The van der Waals surface area contributed by atoms with Crippen molar-refractivity contribution in [3.05, 3.63) is 72.3 Å². The molecule has 0 atom stereocenters. The Morgan fingerprint density at radius 1 is 1.03 bits per heavy atom. The quantitative estimate of drug-likeness (QED) is 0.506. The number of alkyl halides is 3. The van der Waals surface area contributed by atoms with Gasteiger partial charge in [0.25, 0.3) is 0 Å². The second-order valence-electron chi connectivity index (χ2n) is 6.33. The van der Waals surface area contributed by atoms with Crippen LogP contribution in [0.4, 0.5) is 13.2 Å². The van der Waals surface area contributed by atoms with E-state index >= 15 is 0 Å². The first-order valence-electron chi connectivity index (χ1n) is 8.74. The van der Waals surface area contributed by atoms with Crippen LogP contribution in [0.1, 0.15) is 11.5 Å². The van der Waals surface area contributed by atoms with Gasteiger partial charge in [0, 0.05) is 35.3 Å². The van der Waals surface area contributed by atoms with Crippen LogP contribution >= 0.6 is 0 Å². The molecule has 8 heteroatoms. The number of para-hydroxylation sites is 1. The minimum Gasteiger partial charge on any atom is -0.481 e. The molecular weight excluding hydrogens is 383 g/mol. The van der Waals surface area contributed by atoms with E-state index in [2.05, 4.69) is 19.7 Å². The number of aromatic nitrogens is 3. The maximum absolute atomic E-state index is 12.4. The molecule has 0 spiro atoms. The molecule has 29 heavy (non-hydrogen) atoms. The number of methoxy groups -OCH3 is 1. The molecule has 2 aromatic heterocycles. The molecule has 148 valence electrons. The Bertz CT molecular complexity index is 1140. The number of fused-ring (bicyclic) bond motifs is 1. The Balaban J connectivity index is 1.64. The van der Waals surface area contributed by atoms with Gasteiger partial charge < -0.3 is 14.5 Å². The first-order valence-corrected chi connectivity index (χ1v) is 8.74. The van der Waals surface area contributed by atoms with E-state index in [1.54, 1.807) is 31.5 Å². The third-order valence-corrected chi connectivity index (χ3v) is 4.35. The van der Waals surface area contributed by atoms with Crippen LogP contribution in [0, 0.1) is 0 Å². The second-order valence-corrected chi connectivity index (χ2v) is 6.33. The van der Waals surface area contributed by atoms with Crippen molar-refractivity contribution in [2.24, 2.45) is 0 Å². The van der Waals surface area contributed by atoms with Gasteiger partial charge in [-0.25, -0.2) is 4.98 Å². The number of benzene rings is 2. The van der Waals surface area contributed by atoms with E-state index in [1.807, 2.05) is 24.3 Å². The molecule has 2 heterocycles. The van der Waals surface area contributed by atoms with Crippen molar-refractivity contribution in [1.29, 1.82) is 0 Å². The Morgan fingerprint density at radius 2 is 1.83 bits per heavy atom. The number of ether oxygens (including phenoxy) is 2. The van der Waals surface area contributed by atoms with Crippen LogP contribution in [-0.2, 0) is 6.42 Å². The van der Waals surface area contributed by atoms with Gasteiger partial charge in [-0.2, -0.15) is 4.98 Å². The summed E-state index contributed by atoms with van der Waals surface area (Å²) in [6.45, 7) is 0. The molecule has 1 N–H and O–H groups in total. The third-order valence-electron chi connectivity index (χ3n) is 4.35. The maximum atomic E-state index is 12.4. The SMILES string of the molecule is COc1ccnc(Cc2cc3cccc(-c4ccc(OC(F)(F)F)cc4)c3[nH]2)n1. The fourth-order valence-corrected chi connectivity index (χ4v) is 3.14. The minimum absolute atomic E-state index is 0.254. The van der Waals surface area contributed by atoms with E-state index in [4.69, 9.17) is 4.74 Å². The summed E-state index contributed by atoms with van der Waals surface area (Å²) in [4.78, 5) is 11.9. The zero-order chi connectivity index (χ0) is 20.4. The summed E-state index contributed by atoms with van der Waals surface area (Å²) in [5.41, 5.74) is 3.45. The van der Waals surface area contributed by atoms with Crippen LogP contribution in [-0.4, -0.2) is 28.4 Å². The Morgan fingerprint density at radius 3 is 2.55 bits per heavy atom. The van der Waals surface area contributed by atoms with Gasteiger partial charge in [-0.15, -0.1) is 13.2 Å². The summed E-state index contributed by atoms with van der Waals surface area (Å²) in [7, 11) is 1.55. The van der Waals surface area contributed by atoms with Gasteiger partial charge in [-0.05, 0) is 23.8 Å². The summed E-state index contributed by atoms with van der Waals surface area (Å²) in [5.74, 6) is 0.856. The lowest BCUT2D eigenvalue weighted by Gasteiger charge is -2.09. The highest BCUT2D eigenvalue weighted by molar-refractivity contribution is 5.94. The van der Waals surface area contributed by atoms with Crippen molar-refractivity contribution < 1.29 is 22.6 Å². The summed E-state index contributed by atoms with van der Waals surface area (Å²) in [6.07, 6.45) is -2.58. The van der Waals surface area contributed by atoms with E-state index in [-0.39, 0.29) is 5.75 Å². The summed E-state index contributed by atoms with van der Waals surface area (Å²) < 4.78 is 46.1. The molecular formula is C21H16F3N3O2. The van der Waals surface area contributed by atoms with Gasteiger partial charge in [0.15, 0.2) is 0 Å². The molecule has 0 aliphatic carbocycles. The standard InChI is InChI=1S/C21H16F3N3O2/c1-28-19-9-10-25-18(27-19)12-15-11-14-3-2-4-17(20(14)26-15)13-5-7-16(8-6-13)29-21(22,23)24/h2-11,26H,12H2,1H3. The van der Waals surface area contributed by atoms with E-state index < -0.39 is 6.36 Å². The lowest BCUT2D eigenvalue weighted by Crippen LogP contribution is -2.16. The molecule has 4 rings (SSSR count). The van der Waals surface area contributed by atoms with Gasteiger partial charge in [0.05, 0.1) is 12.6 Å². The highest BCUT2D eigenvalue weighted by Crippen LogP contribution is 2.31. The monoisotopic (exact) mass is 399 g/mol. The minimum atomic E-state index is -4.71.